The topological polar surface area (TPSA) is 49.8 Å². The number of fused-ring (bicyclic) bond motifs is 1. The summed E-state index contributed by atoms with van der Waals surface area (Å²) in [5.74, 6) is 0.742. The van der Waals surface area contributed by atoms with Gasteiger partial charge in [-0.1, -0.05) is 0 Å². The summed E-state index contributed by atoms with van der Waals surface area (Å²) in [4.78, 5) is 14.7. The van der Waals surface area contributed by atoms with Gasteiger partial charge in [0, 0.05) is 27.9 Å². The van der Waals surface area contributed by atoms with Gasteiger partial charge in [-0.2, -0.15) is 0 Å². The molecular formula is C14H18IN3O. The molecule has 1 atom stereocenters. The van der Waals surface area contributed by atoms with Gasteiger partial charge < -0.3 is 14.9 Å². The first-order valence-electron chi connectivity index (χ1n) is 6.82. The number of aromatic amines is 1. The fourth-order valence-corrected chi connectivity index (χ4v) is 3.66. The predicted molar refractivity (Wildman–Crippen MR) is 85.5 cm³/mol. The molecule has 19 heavy (non-hydrogen) atoms. The van der Waals surface area contributed by atoms with E-state index < -0.39 is 0 Å². The molecule has 0 saturated carbocycles. The first-order chi connectivity index (χ1) is 9.25. The van der Waals surface area contributed by atoms with Crippen molar-refractivity contribution in [3.8, 4) is 0 Å². The van der Waals surface area contributed by atoms with Crippen LogP contribution in [-0.4, -0.2) is 22.6 Å². The highest BCUT2D eigenvalue weighted by Gasteiger charge is 2.14. The average molecular weight is 371 g/mol. The van der Waals surface area contributed by atoms with E-state index in [1.54, 1.807) is 6.20 Å². The molecule has 3 rings (SSSR count). The summed E-state index contributed by atoms with van der Waals surface area (Å²) in [6.45, 7) is 3.20. The van der Waals surface area contributed by atoms with E-state index in [2.05, 4.69) is 43.7 Å². The van der Waals surface area contributed by atoms with Crippen molar-refractivity contribution in [2.45, 2.75) is 25.8 Å². The van der Waals surface area contributed by atoms with Gasteiger partial charge in [0.05, 0.1) is 0 Å². The standard InChI is InChI=1S/C14H18IN3O/c15-12-9-18(7-4-10-2-1-5-16-8-10)13-11(12)3-6-17-14(13)19/h3,6,9-10,16H,1-2,4-5,7-8H2,(H,17,19). The summed E-state index contributed by atoms with van der Waals surface area (Å²) in [7, 11) is 0. The van der Waals surface area contributed by atoms with E-state index in [4.69, 9.17) is 0 Å². The Bertz CT molecular complexity index is 625. The van der Waals surface area contributed by atoms with Crippen LogP contribution >= 0.6 is 22.6 Å². The first kappa shape index (κ1) is 13.2. The fourth-order valence-electron chi connectivity index (χ4n) is 2.89. The Labute approximate surface area is 125 Å². The lowest BCUT2D eigenvalue weighted by Gasteiger charge is -2.22. The number of aryl methyl sites for hydroxylation is 1. The number of rotatable bonds is 3. The molecule has 102 valence electrons. The molecule has 0 radical (unpaired) electrons. The lowest BCUT2D eigenvalue weighted by molar-refractivity contribution is 0.343. The molecule has 0 aromatic carbocycles. The first-order valence-corrected chi connectivity index (χ1v) is 7.90. The number of nitrogens with zero attached hydrogens (tertiary/aromatic N) is 1. The molecule has 2 aromatic rings. The van der Waals surface area contributed by atoms with Gasteiger partial charge in [-0.3, -0.25) is 4.79 Å². The Morgan fingerprint density at radius 3 is 3.16 bits per heavy atom. The quantitative estimate of drug-likeness (QED) is 0.814. The van der Waals surface area contributed by atoms with Gasteiger partial charge in [-0.05, 0) is 66.9 Å². The summed E-state index contributed by atoms with van der Waals surface area (Å²) in [5, 5.41) is 4.51. The second-order valence-electron chi connectivity index (χ2n) is 5.24. The number of nitrogens with one attached hydrogen (secondary N) is 2. The number of aromatic nitrogens is 2. The molecule has 0 bridgehead atoms. The zero-order valence-corrected chi connectivity index (χ0v) is 12.9. The van der Waals surface area contributed by atoms with Crippen LogP contribution in [0.25, 0.3) is 10.9 Å². The molecule has 0 spiro atoms. The lowest BCUT2D eigenvalue weighted by Crippen LogP contribution is -2.30. The highest BCUT2D eigenvalue weighted by molar-refractivity contribution is 14.1. The molecule has 1 saturated heterocycles. The Kier molecular flexibility index (Phi) is 3.93. The normalized spacial score (nSPS) is 19.9. The number of H-pyrrole nitrogens is 1. The van der Waals surface area contributed by atoms with Crippen molar-refractivity contribution < 1.29 is 0 Å². The lowest BCUT2D eigenvalue weighted by atomic mass is 9.96. The van der Waals surface area contributed by atoms with Gasteiger partial charge in [0.25, 0.3) is 5.56 Å². The van der Waals surface area contributed by atoms with Crippen molar-refractivity contribution in [1.29, 1.82) is 0 Å². The van der Waals surface area contributed by atoms with E-state index in [0.29, 0.717) is 0 Å². The molecule has 1 aliphatic heterocycles. The number of hydrogen-bond acceptors (Lipinski definition) is 2. The zero-order valence-electron chi connectivity index (χ0n) is 10.8. The van der Waals surface area contributed by atoms with Crippen molar-refractivity contribution in [2.24, 2.45) is 5.92 Å². The highest BCUT2D eigenvalue weighted by Crippen LogP contribution is 2.22. The van der Waals surface area contributed by atoms with E-state index in [-0.39, 0.29) is 5.56 Å². The number of piperidine rings is 1. The molecule has 2 N–H and O–H groups in total. The van der Waals surface area contributed by atoms with Gasteiger partial charge in [0.15, 0.2) is 0 Å². The molecule has 5 heteroatoms. The minimum atomic E-state index is 0.0159. The second kappa shape index (κ2) is 5.66. The highest BCUT2D eigenvalue weighted by atomic mass is 127. The molecule has 0 aliphatic carbocycles. The van der Waals surface area contributed by atoms with Gasteiger partial charge in [0.2, 0.25) is 0 Å². The zero-order chi connectivity index (χ0) is 13.2. The molecule has 0 amide bonds. The predicted octanol–water partition coefficient (Wildman–Crippen LogP) is 2.32. The van der Waals surface area contributed by atoms with E-state index in [0.717, 1.165) is 46.4 Å². The van der Waals surface area contributed by atoms with Crippen LogP contribution in [0.4, 0.5) is 0 Å². The monoisotopic (exact) mass is 371 g/mol. The van der Waals surface area contributed by atoms with Crippen molar-refractivity contribution in [3.63, 3.8) is 0 Å². The second-order valence-corrected chi connectivity index (χ2v) is 6.40. The van der Waals surface area contributed by atoms with Crippen LogP contribution in [0, 0.1) is 9.49 Å². The van der Waals surface area contributed by atoms with Crippen LogP contribution in [0.1, 0.15) is 19.3 Å². The summed E-state index contributed by atoms with van der Waals surface area (Å²) < 4.78 is 3.27. The van der Waals surface area contributed by atoms with Gasteiger partial charge >= 0.3 is 0 Å². The van der Waals surface area contributed by atoms with E-state index in [1.165, 1.54) is 12.8 Å². The molecular weight excluding hydrogens is 353 g/mol. The van der Waals surface area contributed by atoms with Crippen LogP contribution in [-0.2, 0) is 6.54 Å². The van der Waals surface area contributed by atoms with Gasteiger partial charge in [0.1, 0.15) is 5.52 Å². The van der Waals surface area contributed by atoms with E-state index in [1.807, 2.05) is 6.07 Å². The maximum absolute atomic E-state index is 12.0. The van der Waals surface area contributed by atoms with Crippen molar-refractivity contribution in [3.05, 3.63) is 32.4 Å². The third-order valence-electron chi connectivity index (χ3n) is 3.93. The van der Waals surface area contributed by atoms with Crippen molar-refractivity contribution in [2.75, 3.05) is 13.1 Å². The average Bonchev–Trinajstić information content (AvgIpc) is 2.76. The Morgan fingerprint density at radius 2 is 2.37 bits per heavy atom. The maximum atomic E-state index is 12.0. The van der Waals surface area contributed by atoms with E-state index >= 15 is 0 Å². The number of hydrogen-bond donors (Lipinski definition) is 2. The van der Waals surface area contributed by atoms with Crippen LogP contribution in [0.5, 0.6) is 0 Å². The van der Waals surface area contributed by atoms with Crippen LogP contribution in [0.3, 0.4) is 0 Å². The largest absolute Gasteiger partial charge is 0.342 e. The summed E-state index contributed by atoms with van der Waals surface area (Å²) >= 11 is 2.30. The molecule has 1 unspecified atom stereocenters. The smallest absolute Gasteiger partial charge is 0.272 e. The van der Waals surface area contributed by atoms with Crippen LogP contribution in [0.15, 0.2) is 23.3 Å². The van der Waals surface area contributed by atoms with Gasteiger partial charge in [-0.25, -0.2) is 0 Å². The summed E-state index contributed by atoms with van der Waals surface area (Å²) in [6.07, 6.45) is 7.54. The van der Waals surface area contributed by atoms with Crippen LogP contribution in [0.2, 0.25) is 0 Å². The third kappa shape index (κ3) is 2.72. The Hall–Kier alpha value is -0.820. The Morgan fingerprint density at radius 1 is 1.47 bits per heavy atom. The summed E-state index contributed by atoms with van der Waals surface area (Å²) in [5.41, 5.74) is 0.831. The molecule has 3 heterocycles. The van der Waals surface area contributed by atoms with Gasteiger partial charge in [-0.15, -0.1) is 0 Å². The molecule has 1 aliphatic rings. The maximum Gasteiger partial charge on any atom is 0.272 e. The fraction of sp³-hybridized carbons (Fsp3) is 0.500. The number of halogens is 1. The minimum Gasteiger partial charge on any atom is -0.342 e. The minimum absolute atomic E-state index is 0.0159. The molecule has 4 nitrogen and oxygen atoms in total. The number of pyridine rings is 1. The summed E-state index contributed by atoms with van der Waals surface area (Å²) in [6, 6.07) is 1.98. The van der Waals surface area contributed by atoms with Crippen LogP contribution < -0.4 is 10.9 Å². The third-order valence-corrected chi connectivity index (χ3v) is 4.79. The SMILES string of the molecule is O=c1[nH]ccc2c(I)cn(CCC3CCCNC3)c12. The molecule has 2 aromatic heterocycles. The molecule has 1 fully saturated rings. The van der Waals surface area contributed by atoms with E-state index in [9.17, 15) is 4.79 Å². The van der Waals surface area contributed by atoms with Crippen molar-refractivity contribution in [1.82, 2.24) is 14.9 Å². The Balaban J connectivity index is 1.82. The van der Waals surface area contributed by atoms with Crippen molar-refractivity contribution >= 4 is 33.5 Å².